The summed E-state index contributed by atoms with van der Waals surface area (Å²) in [4.78, 5) is 76.6. The molecule has 0 radical (unpaired) electrons. The van der Waals surface area contributed by atoms with E-state index in [-0.39, 0.29) is 18.8 Å². The average Bonchev–Trinajstić information content (AvgIpc) is 3.13. The van der Waals surface area contributed by atoms with Crippen molar-refractivity contribution in [2.24, 2.45) is 5.92 Å². The Kier molecular flexibility index (Phi) is 23.6. The Morgan fingerprint density at radius 2 is 1.52 bits per heavy atom. The van der Waals surface area contributed by atoms with Crippen molar-refractivity contribution < 1.29 is 57.6 Å². The maximum absolute atomic E-state index is 14.0. The second-order valence-electron chi connectivity index (χ2n) is 13.0. The largest absolute Gasteiger partial charge is 0.481 e. The Morgan fingerprint density at radius 3 is 2.09 bits per heavy atom. The van der Waals surface area contributed by atoms with Gasteiger partial charge < -0.3 is 34.1 Å². The molecule has 4 atom stereocenters. The van der Waals surface area contributed by atoms with Gasteiger partial charge in [-0.1, -0.05) is 75.7 Å². The van der Waals surface area contributed by atoms with E-state index in [4.69, 9.17) is 23.7 Å². The van der Waals surface area contributed by atoms with Crippen molar-refractivity contribution in [1.29, 1.82) is 0 Å². The Bertz CT molecular complexity index is 1430. The van der Waals surface area contributed by atoms with Gasteiger partial charge in [0.25, 0.3) is 0 Å². The fraction of sp³-hybridized carbons (Fsp3) is 0.610. The first kappa shape index (κ1) is 47.3. The summed E-state index contributed by atoms with van der Waals surface area (Å²) in [5.74, 6) is -0.463. The highest BCUT2D eigenvalue weighted by atomic mass is 16.7. The molecular weight excluding hydrogens is 698 g/mol. The summed E-state index contributed by atoms with van der Waals surface area (Å²) in [5, 5.41) is 14.4. The lowest BCUT2D eigenvalue weighted by molar-refractivity contribution is -0.203. The number of hydrogen-bond donors (Lipinski definition) is 2. The van der Waals surface area contributed by atoms with Gasteiger partial charge in [-0.15, -0.1) is 5.92 Å². The van der Waals surface area contributed by atoms with E-state index in [1.807, 2.05) is 0 Å². The minimum Gasteiger partial charge on any atom is -0.481 e. The van der Waals surface area contributed by atoms with Crippen LogP contribution in [0.2, 0.25) is 0 Å². The number of ether oxygens (including phenoxy) is 5. The summed E-state index contributed by atoms with van der Waals surface area (Å²) in [6.07, 6.45) is 10.5. The second-order valence-corrected chi connectivity index (χ2v) is 13.0. The minimum absolute atomic E-state index is 0.0331. The van der Waals surface area contributed by atoms with E-state index in [9.17, 15) is 33.9 Å². The third kappa shape index (κ3) is 18.9. The number of aliphatic hydroxyl groups is 1. The van der Waals surface area contributed by atoms with Crippen molar-refractivity contribution in [3.05, 3.63) is 42.0 Å². The smallest absolute Gasteiger partial charge is 0.342 e. The standard InChI is InChI=1S/C41H59NO12/c1-7-9-11-14-17-20-33(44)21-18-15-12-13-16-19-22-35(41(49,29-37(45)50-5)40(48)54-31(4)53-30(3)43)38(46)42-36(39(47)51-6)28-32-23-25-34(26-24-32)52-27-10-8-2/h19,22-26,31,35-36,49H,7,9,11-18,20-21,27-29H2,1-6H3,(H,42,46)/b22-19+/t31?,35-,36+,41+/m1/s1. The lowest BCUT2D eigenvalue weighted by Crippen LogP contribution is -2.56. The van der Waals surface area contributed by atoms with Crippen molar-refractivity contribution in [3.8, 4) is 17.6 Å². The fourth-order valence-corrected chi connectivity index (χ4v) is 5.54. The Balaban J connectivity index is 3.20. The van der Waals surface area contributed by atoms with E-state index in [0.717, 1.165) is 66.1 Å². The molecule has 0 heterocycles. The number of nitrogens with one attached hydrogen (secondary N) is 1. The molecule has 0 saturated carbocycles. The van der Waals surface area contributed by atoms with Gasteiger partial charge in [-0.25, -0.2) is 9.59 Å². The van der Waals surface area contributed by atoms with Gasteiger partial charge in [0.1, 0.15) is 24.2 Å². The first-order valence-electron chi connectivity index (χ1n) is 18.7. The van der Waals surface area contributed by atoms with Gasteiger partial charge in [0.05, 0.1) is 26.6 Å². The topological polar surface area (TPSA) is 181 Å². The zero-order chi connectivity index (χ0) is 40.4. The number of amides is 1. The molecule has 1 rings (SSSR count). The number of methoxy groups -OCH3 is 2. The van der Waals surface area contributed by atoms with Crippen LogP contribution < -0.4 is 10.1 Å². The predicted octanol–water partition coefficient (Wildman–Crippen LogP) is 5.48. The van der Waals surface area contributed by atoms with Crippen LogP contribution in [0.15, 0.2) is 36.4 Å². The Morgan fingerprint density at radius 1 is 0.889 bits per heavy atom. The lowest BCUT2D eigenvalue weighted by Gasteiger charge is -2.32. The lowest BCUT2D eigenvalue weighted by atomic mass is 9.82. The summed E-state index contributed by atoms with van der Waals surface area (Å²) >= 11 is 0. The van der Waals surface area contributed by atoms with Gasteiger partial charge in [0.15, 0.2) is 5.60 Å². The van der Waals surface area contributed by atoms with Crippen LogP contribution in [0.3, 0.4) is 0 Å². The molecule has 1 aromatic rings. The number of allylic oxidation sites excluding steroid dienone is 1. The molecule has 1 aromatic carbocycles. The van der Waals surface area contributed by atoms with Crippen molar-refractivity contribution in [1.82, 2.24) is 5.32 Å². The number of benzene rings is 1. The number of carbonyl (C=O) groups is 6. The van der Waals surface area contributed by atoms with Gasteiger partial charge >= 0.3 is 23.9 Å². The molecule has 0 saturated heterocycles. The Labute approximate surface area is 319 Å². The molecule has 54 heavy (non-hydrogen) atoms. The zero-order valence-electron chi connectivity index (χ0n) is 32.7. The number of carbonyl (C=O) groups excluding carboxylic acids is 6. The van der Waals surface area contributed by atoms with Gasteiger partial charge in [0.2, 0.25) is 12.2 Å². The van der Waals surface area contributed by atoms with Crippen molar-refractivity contribution >= 4 is 35.6 Å². The summed E-state index contributed by atoms with van der Waals surface area (Å²) in [6, 6.07) is 5.47. The highest BCUT2D eigenvalue weighted by Gasteiger charge is 2.51. The van der Waals surface area contributed by atoms with Crippen molar-refractivity contribution in [3.63, 3.8) is 0 Å². The second kappa shape index (κ2) is 27.0. The van der Waals surface area contributed by atoms with Crippen molar-refractivity contribution in [2.75, 3.05) is 20.8 Å². The third-order valence-electron chi connectivity index (χ3n) is 8.51. The number of esters is 4. The molecule has 0 aliphatic rings. The molecule has 0 aliphatic carbocycles. The van der Waals surface area contributed by atoms with Crippen LogP contribution in [0, 0.1) is 17.8 Å². The summed E-state index contributed by atoms with van der Waals surface area (Å²) in [6.45, 7) is 6.36. The summed E-state index contributed by atoms with van der Waals surface area (Å²) in [5.41, 5.74) is -2.22. The summed E-state index contributed by atoms with van der Waals surface area (Å²) in [7, 11) is 2.19. The molecule has 2 N–H and O–H groups in total. The molecule has 0 fully saturated rings. The molecular formula is C41H59NO12. The van der Waals surface area contributed by atoms with Gasteiger partial charge in [-0.3, -0.25) is 19.2 Å². The van der Waals surface area contributed by atoms with E-state index >= 15 is 0 Å². The van der Waals surface area contributed by atoms with Crippen LogP contribution >= 0.6 is 0 Å². The number of Topliss-reactive ketones (excluding diaryl/α,β-unsaturated/α-hetero) is 1. The number of unbranched alkanes of at least 4 members (excludes halogenated alkanes) is 8. The fourth-order valence-electron chi connectivity index (χ4n) is 5.54. The maximum atomic E-state index is 14.0. The maximum Gasteiger partial charge on any atom is 0.342 e. The van der Waals surface area contributed by atoms with Gasteiger partial charge in [0, 0.05) is 33.1 Å². The van der Waals surface area contributed by atoms with Crippen LogP contribution in [0.1, 0.15) is 117 Å². The molecule has 0 spiro atoms. The van der Waals surface area contributed by atoms with Crippen LogP contribution in [-0.4, -0.2) is 79.4 Å². The number of ketones is 1. The Hall–Kier alpha value is -4.70. The average molecular weight is 758 g/mol. The van der Waals surface area contributed by atoms with Crippen LogP contribution in [0.25, 0.3) is 0 Å². The van der Waals surface area contributed by atoms with E-state index in [1.54, 1.807) is 37.3 Å². The molecule has 300 valence electrons. The molecule has 1 amide bonds. The first-order valence-corrected chi connectivity index (χ1v) is 18.7. The van der Waals surface area contributed by atoms with E-state index in [2.05, 4.69) is 24.1 Å². The number of hydrogen-bond acceptors (Lipinski definition) is 12. The first-order chi connectivity index (χ1) is 25.8. The van der Waals surface area contributed by atoms with Gasteiger partial charge in [-0.2, -0.15) is 0 Å². The van der Waals surface area contributed by atoms with Crippen LogP contribution in [0.5, 0.6) is 5.75 Å². The zero-order valence-corrected chi connectivity index (χ0v) is 32.7. The molecule has 1 unspecified atom stereocenters. The van der Waals surface area contributed by atoms with E-state index in [1.165, 1.54) is 19.4 Å². The highest BCUT2D eigenvalue weighted by Crippen LogP contribution is 2.28. The molecule has 0 aliphatic heterocycles. The predicted molar refractivity (Wildman–Crippen MR) is 201 cm³/mol. The third-order valence-corrected chi connectivity index (χ3v) is 8.51. The quantitative estimate of drug-likeness (QED) is 0.0289. The SMILES string of the molecule is CC#CCOc1ccc(C[C@H](NC(=O)[C@@H](/C=C/CCCCCCC(=O)CCCCCCC)[C@@](O)(CC(=O)OC)C(=O)OC(C)OC(C)=O)C(=O)OC)cc1. The molecule has 13 heteroatoms. The van der Waals surface area contributed by atoms with Crippen LogP contribution in [-0.2, 0) is 54.1 Å². The monoisotopic (exact) mass is 757 g/mol. The molecule has 0 aromatic heterocycles. The van der Waals surface area contributed by atoms with E-state index in [0.29, 0.717) is 37.0 Å². The summed E-state index contributed by atoms with van der Waals surface area (Å²) < 4.78 is 25.2. The molecule has 13 nitrogen and oxygen atoms in total. The van der Waals surface area contributed by atoms with Crippen molar-refractivity contribution in [2.45, 2.75) is 136 Å². The normalized spacial score (nSPS) is 13.6. The van der Waals surface area contributed by atoms with Gasteiger partial charge in [-0.05, 0) is 50.3 Å². The highest BCUT2D eigenvalue weighted by molar-refractivity contribution is 5.95. The van der Waals surface area contributed by atoms with Crippen LogP contribution in [0.4, 0.5) is 0 Å². The number of rotatable bonds is 27. The molecule has 0 bridgehead atoms. The van der Waals surface area contributed by atoms with E-state index < -0.39 is 60.1 Å². The minimum atomic E-state index is -2.85.